The van der Waals surface area contributed by atoms with Crippen molar-refractivity contribution in [3.8, 4) is 5.75 Å². The molecule has 6 heteroatoms. The minimum Gasteiger partial charge on any atom is -0.496 e. The Morgan fingerprint density at radius 2 is 2.10 bits per heavy atom. The van der Waals surface area contributed by atoms with Gasteiger partial charge in [0, 0.05) is 19.4 Å². The number of ether oxygens (including phenoxy) is 1. The van der Waals surface area contributed by atoms with E-state index in [1.54, 1.807) is 7.11 Å². The number of aliphatic hydroxyl groups excluding tert-OH is 1. The molecule has 1 aromatic carbocycles. The number of carbonyl (C=O) groups excluding carboxylic acids is 1. The number of aliphatic hydroxyl groups is 1. The van der Waals surface area contributed by atoms with Crippen LogP contribution in [0.5, 0.6) is 5.75 Å². The Hall–Kier alpha value is -2.08. The van der Waals surface area contributed by atoms with Gasteiger partial charge in [0.15, 0.2) is 0 Å². The molecule has 1 fully saturated rings. The van der Waals surface area contributed by atoms with Crippen molar-refractivity contribution in [2.75, 3.05) is 13.7 Å². The van der Waals surface area contributed by atoms with Crippen molar-refractivity contribution in [3.05, 3.63) is 29.8 Å². The molecule has 1 aliphatic rings. The van der Waals surface area contributed by atoms with Crippen molar-refractivity contribution < 1.29 is 24.5 Å². The van der Waals surface area contributed by atoms with Gasteiger partial charge in [0.05, 0.1) is 13.2 Å². The van der Waals surface area contributed by atoms with E-state index in [4.69, 9.17) is 9.84 Å². The number of β-amino-alcohol motifs (C(OH)–C–C–N with tert-alkyl or cyclic N) is 1. The van der Waals surface area contributed by atoms with Gasteiger partial charge in [-0.15, -0.1) is 0 Å². The number of aliphatic carboxylic acids is 1. The molecule has 114 valence electrons. The van der Waals surface area contributed by atoms with Crippen molar-refractivity contribution in [2.45, 2.75) is 31.4 Å². The number of carbonyl (C=O) groups is 2. The number of likely N-dealkylation sites (tertiary alicyclic amines) is 1. The predicted molar refractivity (Wildman–Crippen MR) is 75.1 cm³/mol. The summed E-state index contributed by atoms with van der Waals surface area (Å²) in [6.07, 6.45) is -0.00436. The van der Waals surface area contributed by atoms with E-state index >= 15 is 0 Å². The lowest BCUT2D eigenvalue weighted by atomic mass is 10.1. The average molecular weight is 293 g/mol. The fraction of sp³-hybridized carbons (Fsp3) is 0.467. The van der Waals surface area contributed by atoms with Gasteiger partial charge in [-0.3, -0.25) is 4.79 Å². The van der Waals surface area contributed by atoms with Gasteiger partial charge in [0.2, 0.25) is 5.91 Å². The molecule has 21 heavy (non-hydrogen) atoms. The first kappa shape index (κ1) is 15.3. The molecule has 6 nitrogen and oxygen atoms in total. The van der Waals surface area contributed by atoms with Crippen LogP contribution in [0.1, 0.15) is 18.4 Å². The van der Waals surface area contributed by atoms with E-state index in [-0.39, 0.29) is 25.3 Å². The highest BCUT2D eigenvalue weighted by molar-refractivity contribution is 5.84. The van der Waals surface area contributed by atoms with E-state index < -0.39 is 18.1 Å². The van der Waals surface area contributed by atoms with Crippen LogP contribution in [0, 0.1) is 0 Å². The minimum absolute atomic E-state index is 0.0850. The van der Waals surface area contributed by atoms with Crippen LogP contribution in [-0.2, 0) is 16.0 Å². The number of hydrogen-bond acceptors (Lipinski definition) is 4. The van der Waals surface area contributed by atoms with Crippen molar-refractivity contribution >= 4 is 11.9 Å². The maximum absolute atomic E-state index is 12.2. The number of hydrogen-bond donors (Lipinski definition) is 2. The topological polar surface area (TPSA) is 87.1 Å². The smallest absolute Gasteiger partial charge is 0.326 e. The van der Waals surface area contributed by atoms with Crippen molar-refractivity contribution in [3.63, 3.8) is 0 Å². The number of carboxylic acids is 1. The number of amides is 1. The van der Waals surface area contributed by atoms with Gasteiger partial charge in [-0.25, -0.2) is 4.79 Å². The maximum atomic E-state index is 12.2. The molecule has 0 spiro atoms. The highest BCUT2D eigenvalue weighted by Crippen LogP contribution is 2.22. The lowest BCUT2D eigenvalue weighted by molar-refractivity contribution is -0.148. The van der Waals surface area contributed by atoms with Crippen molar-refractivity contribution in [1.82, 2.24) is 4.90 Å². The Bertz CT molecular complexity index is 531. The molecule has 2 N–H and O–H groups in total. The summed E-state index contributed by atoms with van der Waals surface area (Å²) in [5, 5.41) is 18.7. The number of aryl methyl sites for hydroxylation is 1. The molecule has 1 heterocycles. The Morgan fingerprint density at radius 1 is 1.38 bits per heavy atom. The van der Waals surface area contributed by atoms with E-state index in [0.717, 1.165) is 5.56 Å². The average Bonchev–Trinajstić information content (AvgIpc) is 2.87. The first-order chi connectivity index (χ1) is 10.0. The molecule has 1 amide bonds. The standard InChI is InChI=1S/C15H19NO5/c1-21-13-5-3-2-4-10(13)6-7-14(18)16-9-11(17)8-12(16)15(19)20/h2-5,11-12,17H,6-9H2,1H3,(H,19,20)/t11?,12-/m0/s1. The van der Waals surface area contributed by atoms with Gasteiger partial charge < -0.3 is 19.8 Å². The van der Waals surface area contributed by atoms with Crippen LogP contribution >= 0.6 is 0 Å². The molecule has 1 aromatic rings. The van der Waals surface area contributed by atoms with Crippen molar-refractivity contribution in [1.29, 1.82) is 0 Å². The number of para-hydroxylation sites is 1. The summed E-state index contributed by atoms with van der Waals surface area (Å²) in [6.45, 7) is 0.0850. The number of benzene rings is 1. The Balaban J connectivity index is 2.00. The Labute approximate surface area is 122 Å². The summed E-state index contributed by atoms with van der Waals surface area (Å²) < 4.78 is 5.22. The fourth-order valence-corrected chi connectivity index (χ4v) is 2.62. The molecule has 1 unspecified atom stereocenters. The SMILES string of the molecule is COc1ccccc1CCC(=O)N1CC(O)C[C@H]1C(=O)O. The van der Waals surface area contributed by atoms with E-state index in [1.165, 1.54) is 4.90 Å². The molecule has 0 bridgehead atoms. The Morgan fingerprint density at radius 3 is 2.76 bits per heavy atom. The second-order valence-electron chi connectivity index (χ2n) is 5.10. The van der Waals surface area contributed by atoms with Gasteiger partial charge in [-0.2, -0.15) is 0 Å². The van der Waals surface area contributed by atoms with Gasteiger partial charge in [-0.05, 0) is 18.1 Å². The Kier molecular flexibility index (Phi) is 4.80. The largest absolute Gasteiger partial charge is 0.496 e. The molecule has 0 aromatic heterocycles. The quantitative estimate of drug-likeness (QED) is 0.833. The highest BCUT2D eigenvalue weighted by atomic mass is 16.5. The summed E-state index contributed by atoms with van der Waals surface area (Å²) >= 11 is 0. The second kappa shape index (κ2) is 6.58. The monoisotopic (exact) mass is 293 g/mol. The normalized spacial score (nSPS) is 21.3. The van der Waals surface area contributed by atoms with E-state index in [2.05, 4.69) is 0 Å². The summed E-state index contributed by atoms with van der Waals surface area (Å²) in [7, 11) is 1.57. The van der Waals surface area contributed by atoms with Crippen LogP contribution in [0.15, 0.2) is 24.3 Å². The van der Waals surface area contributed by atoms with Gasteiger partial charge in [0.25, 0.3) is 0 Å². The molecule has 2 atom stereocenters. The first-order valence-corrected chi connectivity index (χ1v) is 6.85. The number of carboxylic acid groups (broad SMARTS) is 1. The molecule has 2 rings (SSSR count). The van der Waals surface area contributed by atoms with E-state index in [0.29, 0.717) is 12.2 Å². The van der Waals surface area contributed by atoms with E-state index in [1.807, 2.05) is 24.3 Å². The second-order valence-corrected chi connectivity index (χ2v) is 5.10. The predicted octanol–water partition coefficient (Wildman–Crippen LogP) is 0.674. The zero-order chi connectivity index (χ0) is 15.4. The lowest BCUT2D eigenvalue weighted by Gasteiger charge is -2.21. The molecular weight excluding hydrogens is 274 g/mol. The first-order valence-electron chi connectivity index (χ1n) is 6.85. The highest BCUT2D eigenvalue weighted by Gasteiger charge is 2.38. The summed E-state index contributed by atoms with van der Waals surface area (Å²) in [6, 6.07) is 6.48. The third-order valence-corrected chi connectivity index (χ3v) is 3.69. The number of methoxy groups -OCH3 is 1. The van der Waals surface area contributed by atoms with Gasteiger partial charge >= 0.3 is 5.97 Å². The number of nitrogens with zero attached hydrogens (tertiary/aromatic N) is 1. The molecule has 0 aliphatic carbocycles. The van der Waals surface area contributed by atoms with Crippen LogP contribution in [0.2, 0.25) is 0 Å². The van der Waals surface area contributed by atoms with Crippen LogP contribution in [0.25, 0.3) is 0 Å². The third-order valence-electron chi connectivity index (χ3n) is 3.69. The van der Waals surface area contributed by atoms with Crippen LogP contribution in [-0.4, -0.2) is 52.8 Å². The minimum atomic E-state index is -1.07. The molecule has 1 aliphatic heterocycles. The lowest BCUT2D eigenvalue weighted by Crippen LogP contribution is -2.40. The van der Waals surface area contributed by atoms with Crippen LogP contribution in [0.3, 0.4) is 0 Å². The maximum Gasteiger partial charge on any atom is 0.326 e. The van der Waals surface area contributed by atoms with E-state index in [9.17, 15) is 14.7 Å². The molecule has 1 saturated heterocycles. The van der Waals surface area contributed by atoms with Crippen molar-refractivity contribution in [2.24, 2.45) is 0 Å². The molecular formula is C15H19NO5. The summed E-state index contributed by atoms with van der Waals surface area (Å²) in [4.78, 5) is 24.6. The van der Waals surface area contributed by atoms with Gasteiger partial charge in [-0.1, -0.05) is 18.2 Å². The molecule has 0 saturated carbocycles. The zero-order valence-electron chi connectivity index (χ0n) is 11.9. The van der Waals surface area contributed by atoms with Crippen LogP contribution in [0.4, 0.5) is 0 Å². The summed E-state index contributed by atoms with van der Waals surface area (Å²) in [5.41, 5.74) is 0.903. The van der Waals surface area contributed by atoms with Gasteiger partial charge in [0.1, 0.15) is 11.8 Å². The zero-order valence-corrected chi connectivity index (χ0v) is 11.9. The molecule has 0 radical (unpaired) electrons. The van der Waals surface area contributed by atoms with Crippen LogP contribution < -0.4 is 4.74 Å². The number of rotatable bonds is 5. The fourth-order valence-electron chi connectivity index (χ4n) is 2.62. The third kappa shape index (κ3) is 3.52. The summed E-state index contributed by atoms with van der Waals surface area (Å²) in [5.74, 6) is -0.622.